The third-order valence-electron chi connectivity index (χ3n) is 3.76. The molecule has 0 aromatic heterocycles. The quantitative estimate of drug-likeness (QED) is 0.0824. The largest absolute Gasteiger partial charge is 0.480 e. The van der Waals surface area contributed by atoms with Crippen molar-refractivity contribution in [3.63, 3.8) is 0 Å². The number of nitrogens with zero attached hydrogens (tertiary/aromatic N) is 1. The van der Waals surface area contributed by atoms with Crippen LogP contribution in [0.1, 0.15) is 38.5 Å². The summed E-state index contributed by atoms with van der Waals surface area (Å²) in [7, 11) is 1.82. The van der Waals surface area contributed by atoms with Gasteiger partial charge in [0.2, 0.25) is 5.91 Å². The van der Waals surface area contributed by atoms with Crippen LogP contribution in [0.2, 0.25) is 0 Å². The molecule has 0 aliphatic carbocycles. The number of nitrogens with two attached hydrogens (primary N) is 2. The molecule has 0 aliphatic rings. The molecule has 0 aromatic rings. The Kier molecular flexibility index (Phi) is 15.4. The number of hydrogen-bond acceptors (Lipinski definition) is 5. The van der Waals surface area contributed by atoms with E-state index in [1.807, 2.05) is 19.2 Å². The molecule has 0 radical (unpaired) electrons. The van der Waals surface area contributed by atoms with Crippen molar-refractivity contribution in [2.24, 2.45) is 16.5 Å². The summed E-state index contributed by atoms with van der Waals surface area (Å²) in [5.74, 6) is -1.40. The number of carboxylic acids is 1. The zero-order valence-electron chi connectivity index (χ0n) is 17.0. The summed E-state index contributed by atoms with van der Waals surface area (Å²) in [5.41, 5.74) is 10.4. The number of rotatable bonds is 16. The highest BCUT2D eigenvalue weighted by Crippen LogP contribution is 2.01. The van der Waals surface area contributed by atoms with Crippen molar-refractivity contribution in [3.05, 3.63) is 36.5 Å². The molecule has 29 heavy (non-hydrogen) atoms. The zero-order valence-corrected chi connectivity index (χ0v) is 17.0. The molecular weight excluding hydrogens is 374 g/mol. The number of unbranched alkanes of at least 4 members (excludes halogenated alkanes) is 1. The maximum atomic E-state index is 11.8. The van der Waals surface area contributed by atoms with Crippen LogP contribution in [-0.4, -0.2) is 54.9 Å². The first-order valence-corrected chi connectivity index (χ1v) is 9.61. The lowest BCUT2D eigenvalue weighted by molar-refractivity contribution is -0.141. The second kappa shape index (κ2) is 17.2. The third kappa shape index (κ3) is 16.9. The van der Waals surface area contributed by atoms with Gasteiger partial charge in [-0.25, -0.2) is 4.79 Å². The van der Waals surface area contributed by atoms with Gasteiger partial charge in [0, 0.05) is 32.0 Å². The minimum Gasteiger partial charge on any atom is -0.480 e. The maximum absolute atomic E-state index is 11.8. The van der Waals surface area contributed by atoms with E-state index in [1.54, 1.807) is 12.2 Å². The van der Waals surface area contributed by atoms with Gasteiger partial charge in [0.1, 0.15) is 11.8 Å². The normalized spacial score (nSPS) is 12.4. The lowest BCUT2D eigenvalue weighted by atomic mass is 10.1. The summed E-state index contributed by atoms with van der Waals surface area (Å²) in [6, 6.07) is -0.999. The van der Waals surface area contributed by atoms with Crippen LogP contribution in [0.5, 0.6) is 0 Å². The minimum absolute atomic E-state index is 0.0531. The highest BCUT2D eigenvalue weighted by atomic mass is 16.4. The Labute approximate surface area is 172 Å². The molecule has 9 nitrogen and oxygen atoms in total. The van der Waals surface area contributed by atoms with Crippen molar-refractivity contribution in [3.8, 4) is 0 Å². The van der Waals surface area contributed by atoms with Gasteiger partial charge in [-0.05, 0) is 32.7 Å². The topological polar surface area (TPSA) is 160 Å². The van der Waals surface area contributed by atoms with E-state index in [-0.39, 0.29) is 18.2 Å². The molecule has 0 aromatic carbocycles. The molecule has 7 N–H and O–H groups in total. The average Bonchev–Trinajstić information content (AvgIpc) is 2.66. The van der Waals surface area contributed by atoms with Crippen LogP contribution in [0, 0.1) is 0 Å². The lowest BCUT2D eigenvalue weighted by Gasteiger charge is -2.12. The van der Waals surface area contributed by atoms with Gasteiger partial charge >= 0.3 is 5.97 Å². The molecule has 0 unspecified atom stereocenters. The fourth-order valence-electron chi connectivity index (χ4n) is 2.23. The number of carbonyl (C=O) groups is 3. The van der Waals surface area contributed by atoms with Crippen LogP contribution in [0.4, 0.5) is 0 Å². The standard InChI is InChI=1S/C20H33N5O4/c1-23-15-13-16(26)10-7-5-3-2-4-6-8-12-18(27)25-17(19(28)29)11-9-14-24-20(21)22/h2-4,6,8,12,17,23H,5,7,9-11,13-15H2,1H3,(H,25,27)(H,28,29)(H4,21,22,24)/b3-2+,6-4+,12-8+/t17-/m0/s1. The third-order valence-corrected chi connectivity index (χ3v) is 3.76. The molecule has 162 valence electrons. The summed E-state index contributed by atoms with van der Waals surface area (Å²) >= 11 is 0. The predicted molar refractivity (Wildman–Crippen MR) is 114 cm³/mol. The predicted octanol–water partition coefficient (Wildman–Crippen LogP) is 0.627. The molecule has 9 heteroatoms. The molecule has 0 spiro atoms. The molecule has 0 saturated carbocycles. The average molecular weight is 408 g/mol. The number of ketones is 1. The van der Waals surface area contributed by atoms with Crippen molar-refractivity contribution >= 4 is 23.6 Å². The van der Waals surface area contributed by atoms with Crippen LogP contribution in [0.3, 0.4) is 0 Å². The van der Waals surface area contributed by atoms with Crippen LogP contribution in [-0.2, 0) is 14.4 Å². The SMILES string of the molecule is CNCCC(=O)CCC/C=C/C=C/C=C/C(=O)N[C@@H](CCCN=C(N)N)C(=O)O. The number of allylic oxidation sites excluding steroid dienone is 5. The van der Waals surface area contributed by atoms with Crippen LogP contribution in [0.15, 0.2) is 41.4 Å². The van der Waals surface area contributed by atoms with Gasteiger partial charge in [0.25, 0.3) is 0 Å². The first-order chi connectivity index (χ1) is 13.9. The van der Waals surface area contributed by atoms with E-state index >= 15 is 0 Å². The molecular formula is C20H33N5O4. The fraction of sp³-hybridized carbons (Fsp3) is 0.500. The number of nitrogens with one attached hydrogen (secondary N) is 2. The smallest absolute Gasteiger partial charge is 0.326 e. The van der Waals surface area contributed by atoms with Crippen LogP contribution < -0.4 is 22.1 Å². The number of carboxylic acid groups (broad SMARTS) is 1. The number of carbonyl (C=O) groups excluding carboxylic acids is 2. The van der Waals surface area contributed by atoms with Crippen LogP contribution >= 0.6 is 0 Å². The summed E-state index contributed by atoms with van der Waals surface area (Å²) in [4.78, 5) is 38.2. The van der Waals surface area contributed by atoms with Crippen molar-refractivity contribution < 1.29 is 19.5 Å². The fourth-order valence-corrected chi connectivity index (χ4v) is 2.23. The molecule has 1 atom stereocenters. The van der Waals surface area contributed by atoms with Gasteiger partial charge < -0.3 is 27.2 Å². The van der Waals surface area contributed by atoms with E-state index in [0.717, 1.165) is 12.8 Å². The Balaban J connectivity index is 4.10. The zero-order chi connectivity index (χ0) is 21.9. The number of Topliss-reactive ketones (excluding diaryl/α,β-unsaturated/α-hetero) is 1. The first-order valence-electron chi connectivity index (χ1n) is 9.61. The Bertz CT molecular complexity index is 622. The van der Waals surface area contributed by atoms with E-state index < -0.39 is 17.9 Å². The van der Waals surface area contributed by atoms with E-state index in [9.17, 15) is 14.4 Å². The van der Waals surface area contributed by atoms with Crippen LogP contribution in [0.25, 0.3) is 0 Å². The van der Waals surface area contributed by atoms with Crippen molar-refractivity contribution in [2.45, 2.75) is 44.6 Å². The van der Waals surface area contributed by atoms with Gasteiger partial charge in [-0.3, -0.25) is 14.6 Å². The second-order valence-electron chi connectivity index (χ2n) is 6.30. The molecule has 0 saturated heterocycles. The minimum atomic E-state index is -1.11. The Morgan fingerprint density at radius 3 is 2.45 bits per heavy atom. The molecule has 1 amide bonds. The van der Waals surface area contributed by atoms with E-state index in [0.29, 0.717) is 32.4 Å². The number of aliphatic imine (C=N–C) groups is 1. The number of hydrogen-bond donors (Lipinski definition) is 5. The maximum Gasteiger partial charge on any atom is 0.326 e. The Morgan fingerprint density at radius 1 is 1.07 bits per heavy atom. The number of aliphatic carboxylic acids is 1. The second-order valence-corrected chi connectivity index (χ2v) is 6.30. The molecule has 0 fully saturated rings. The lowest BCUT2D eigenvalue weighted by Crippen LogP contribution is -2.40. The van der Waals surface area contributed by atoms with Crippen molar-refractivity contribution in [2.75, 3.05) is 20.1 Å². The molecule has 0 bridgehead atoms. The number of amides is 1. The molecule has 0 heterocycles. The van der Waals surface area contributed by atoms with Gasteiger partial charge in [0.05, 0.1) is 0 Å². The van der Waals surface area contributed by atoms with Gasteiger partial charge in [-0.15, -0.1) is 0 Å². The number of guanidine groups is 1. The van der Waals surface area contributed by atoms with E-state index in [1.165, 1.54) is 12.2 Å². The summed E-state index contributed by atoms with van der Waals surface area (Å²) in [6.45, 7) is 1.01. The van der Waals surface area contributed by atoms with Gasteiger partial charge in [0.15, 0.2) is 5.96 Å². The van der Waals surface area contributed by atoms with Crippen molar-refractivity contribution in [1.82, 2.24) is 10.6 Å². The Hall–Kier alpha value is -2.94. The Morgan fingerprint density at radius 2 is 1.79 bits per heavy atom. The van der Waals surface area contributed by atoms with E-state index in [2.05, 4.69) is 15.6 Å². The van der Waals surface area contributed by atoms with E-state index in [4.69, 9.17) is 16.6 Å². The van der Waals surface area contributed by atoms with Gasteiger partial charge in [-0.1, -0.05) is 30.4 Å². The molecule has 0 rings (SSSR count). The van der Waals surface area contributed by atoms with Gasteiger partial charge in [-0.2, -0.15) is 0 Å². The van der Waals surface area contributed by atoms with Crippen molar-refractivity contribution in [1.29, 1.82) is 0 Å². The molecule has 0 aliphatic heterocycles. The first kappa shape index (κ1) is 26.1. The summed E-state index contributed by atoms with van der Waals surface area (Å²) in [5, 5.41) is 14.5. The summed E-state index contributed by atoms with van der Waals surface area (Å²) < 4.78 is 0. The highest BCUT2D eigenvalue weighted by molar-refractivity contribution is 5.91. The summed E-state index contributed by atoms with van der Waals surface area (Å²) in [6.07, 6.45) is 13.4. The highest BCUT2D eigenvalue weighted by Gasteiger charge is 2.17. The monoisotopic (exact) mass is 407 g/mol.